The van der Waals surface area contributed by atoms with Gasteiger partial charge >= 0.3 is 0 Å². The minimum Gasteiger partial charge on any atom is -0.383 e. The lowest BCUT2D eigenvalue weighted by Crippen LogP contribution is -2.44. The van der Waals surface area contributed by atoms with Crippen LogP contribution in [0.25, 0.3) is 0 Å². The summed E-state index contributed by atoms with van der Waals surface area (Å²) in [6.45, 7) is 11.4. The van der Waals surface area contributed by atoms with Crippen LogP contribution in [0.2, 0.25) is 0 Å². The Hall–Kier alpha value is -1.39. The van der Waals surface area contributed by atoms with Crippen molar-refractivity contribution in [3.63, 3.8) is 0 Å². The van der Waals surface area contributed by atoms with Gasteiger partial charge in [-0.15, -0.1) is 0 Å². The summed E-state index contributed by atoms with van der Waals surface area (Å²) in [5, 5.41) is 6.22. The summed E-state index contributed by atoms with van der Waals surface area (Å²) in [7, 11) is 1.62. The Balaban J connectivity index is 2.68. The Morgan fingerprint density at radius 2 is 1.76 bits per heavy atom. The second-order valence-corrected chi connectivity index (χ2v) is 5.71. The highest BCUT2D eigenvalue weighted by atomic mass is 16.5. The molecule has 1 aromatic carbocycles. The van der Waals surface area contributed by atoms with Crippen molar-refractivity contribution in [2.24, 2.45) is 0 Å². The minimum atomic E-state index is -0.239. The molecule has 118 valence electrons. The van der Waals surface area contributed by atoms with E-state index in [0.717, 1.165) is 0 Å². The normalized spacial score (nSPS) is 13.8. The molecule has 0 aliphatic heterocycles. The highest BCUT2D eigenvalue weighted by molar-refractivity contribution is 5.81. The first-order valence-electron chi connectivity index (χ1n) is 7.47. The Morgan fingerprint density at radius 1 is 1.19 bits per heavy atom. The summed E-state index contributed by atoms with van der Waals surface area (Å²) in [5.74, 6) is 0.00122. The highest BCUT2D eigenvalue weighted by Gasteiger charge is 2.18. The zero-order valence-electron chi connectivity index (χ0n) is 14.0. The third-order valence-corrected chi connectivity index (χ3v) is 3.67. The van der Waals surface area contributed by atoms with E-state index >= 15 is 0 Å². The minimum absolute atomic E-state index is 0.00122. The van der Waals surface area contributed by atoms with Gasteiger partial charge in [-0.3, -0.25) is 10.1 Å². The topological polar surface area (TPSA) is 50.4 Å². The number of methoxy groups -OCH3 is 1. The van der Waals surface area contributed by atoms with E-state index in [9.17, 15) is 4.79 Å². The van der Waals surface area contributed by atoms with Crippen molar-refractivity contribution in [3.05, 3.63) is 34.4 Å². The van der Waals surface area contributed by atoms with E-state index in [1.807, 2.05) is 6.92 Å². The summed E-state index contributed by atoms with van der Waals surface area (Å²) < 4.78 is 4.93. The zero-order valence-corrected chi connectivity index (χ0v) is 14.0. The molecule has 0 radical (unpaired) electrons. The van der Waals surface area contributed by atoms with Crippen LogP contribution in [0.1, 0.15) is 42.1 Å². The molecule has 0 saturated heterocycles. The van der Waals surface area contributed by atoms with Gasteiger partial charge in [0.15, 0.2) is 0 Å². The summed E-state index contributed by atoms with van der Waals surface area (Å²) >= 11 is 0. The molecule has 0 spiro atoms. The first-order chi connectivity index (χ1) is 9.86. The molecule has 0 fully saturated rings. The third kappa shape index (κ3) is 5.14. The average molecular weight is 292 g/mol. The zero-order chi connectivity index (χ0) is 16.0. The van der Waals surface area contributed by atoms with Gasteiger partial charge in [0.05, 0.1) is 12.6 Å². The molecule has 0 aliphatic carbocycles. The number of nitrogens with one attached hydrogen (secondary N) is 2. The molecule has 1 amide bonds. The summed E-state index contributed by atoms with van der Waals surface area (Å²) in [5.41, 5.74) is 5.07. The van der Waals surface area contributed by atoms with Crippen LogP contribution in [-0.2, 0) is 9.53 Å². The van der Waals surface area contributed by atoms with Crippen LogP contribution >= 0.6 is 0 Å². The summed E-state index contributed by atoms with van der Waals surface area (Å²) in [4.78, 5) is 12.0. The molecule has 1 aromatic rings. The number of rotatable bonds is 7. The Kier molecular flexibility index (Phi) is 6.85. The van der Waals surface area contributed by atoms with Gasteiger partial charge < -0.3 is 10.1 Å². The van der Waals surface area contributed by atoms with Crippen LogP contribution in [0.5, 0.6) is 0 Å². The van der Waals surface area contributed by atoms with E-state index < -0.39 is 0 Å². The first-order valence-corrected chi connectivity index (χ1v) is 7.47. The molecule has 0 saturated carbocycles. The van der Waals surface area contributed by atoms with Crippen LogP contribution in [-0.4, -0.2) is 32.2 Å². The maximum absolute atomic E-state index is 12.0. The van der Waals surface area contributed by atoms with Crippen molar-refractivity contribution in [1.29, 1.82) is 0 Å². The monoisotopic (exact) mass is 292 g/mol. The lowest BCUT2D eigenvalue weighted by atomic mass is 9.94. The van der Waals surface area contributed by atoms with Crippen molar-refractivity contribution in [3.8, 4) is 0 Å². The van der Waals surface area contributed by atoms with Crippen LogP contribution in [0, 0.1) is 20.8 Å². The lowest BCUT2D eigenvalue weighted by molar-refractivity contribution is -0.123. The van der Waals surface area contributed by atoms with Gasteiger partial charge in [-0.1, -0.05) is 17.7 Å². The number of hydrogen-bond acceptors (Lipinski definition) is 3. The maximum Gasteiger partial charge on any atom is 0.236 e. The molecule has 2 unspecified atom stereocenters. The lowest BCUT2D eigenvalue weighted by Gasteiger charge is -2.23. The van der Waals surface area contributed by atoms with E-state index in [4.69, 9.17) is 4.74 Å². The molecule has 4 nitrogen and oxygen atoms in total. The number of carbonyl (C=O) groups excluding carboxylic acids is 1. The van der Waals surface area contributed by atoms with Crippen LogP contribution in [0.4, 0.5) is 0 Å². The fraction of sp³-hybridized carbons (Fsp3) is 0.588. The van der Waals surface area contributed by atoms with Crippen molar-refractivity contribution in [2.45, 2.75) is 46.7 Å². The molecule has 0 aliphatic rings. The smallest absolute Gasteiger partial charge is 0.236 e. The van der Waals surface area contributed by atoms with Gasteiger partial charge in [-0.2, -0.15) is 0 Å². The van der Waals surface area contributed by atoms with Gasteiger partial charge in [0.25, 0.3) is 0 Å². The second kappa shape index (κ2) is 8.15. The van der Waals surface area contributed by atoms with Crippen molar-refractivity contribution in [2.75, 3.05) is 20.3 Å². The Morgan fingerprint density at radius 3 is 2.29 bits per heavy atom. The molecule has 0 aromatic heterocycles. The molecule has 2 N–H and O–H groups in total. The van der Waals surface area contributed by atoms with Crippen molar-refractivity contribution in [1.82, 2.24) is 10.6 Å². The quantitative estimate of drug-likeness (QED) is 0.759. The molecule has 4 heteroatoms. The van der Waals surface area contributed by atoms with Crippen LogP contribution < -0.4 is 10.6 Å². The molecular formula is C17H28N2O2. The predicted molar refractivity (Wildman–Crippen MR) is 86.6 cm³/mol. The van der Waals surface area contributed by atoms with Gasteiger partial charge in [0.2, 0.25) is 5.91 Å². The van der Waals surface area contributed by atoms with Gasteiger partial charge in [-0.05, 0) is 51.3 Å². The fourth-order valence-electron chi connectivity index (χ4n) is 2.84. The Labute approximate surface area is 128 Å². The standard InChI is InChI=1S/C17H28N2O2/c1-11-9-12(2)16(13(3)10-11)14(4)19-15(5)17(20)18-7-8-21-6/h9-10,14-15,19H,7-8H2,1-6H3,(H,18,20). The van der Waals surface area contributed by atoms with Gasteiger partial charge in [0, 0.05) is 19.7 Å². The Bertz CT molecular complexity index is 463. The molecular weight excluding hydrogens is 264 g/mol. The number of amides is 1. The molecule has 1 rings (SSSR count). The number of carbonyl (C=O) groups is 1. The van der Waals surface area contributed by atoms with Gasteiger partial charge in [0.1, 0.15) is 0 Å². The van der Waals surface area contributed by atoms with Gasteiger partial charge in [-0.25, -0.2) is 0 Å². The van der Waals surface area contributed by atoms with E-state index in [1.54, 1.807) is 7.11 Å². The molecule has 0 bridgehead atoms. The SMILES string of the molecule is COCCNC(=O)C(C)NC(C)c1c(C)cc(C)cc1C. The summed E-state index contributed by atoms with van der Waals surface area (Å²) in [6.07, 6.45) is 0. The number of benzene rings is 1. The molecule has 0 heterocycles. The third-order valence-electron chi connectivity index (χ3n) is 3.67. The molecule has 21 heavy (non-hydrogen) atoms. The van der Waals surface area contributed by atoms with Crippen molar-refractivity contribution < 1.29 is 9.53 Å². The predicted octanol–water partition coefficient (Wildman–Crippen LogP) is 2.41. The summed E-state index contributed by atoms with van der Waals surface area (Å²) in [6, 6.07) is 4.26. The fourth-order valence-corrected chi connectivity index (χ4v) is 2.84. The number of hydrogen-bond donors (Lipinski definition) is 2. The number of aryl methyl sites for hydroxylation is 3. The highest BCUT2D eigenvalue weighted by Crippen LogP contribution is 2.23. The van der Waals surface area contributed by atoms with E-state index in [1.165, 1.54) is 22.3 Å². The molecule has 2 atom stereocenters. The van der Waals surface area contributed by atoms with E-state index in [-0.39, 0.29) is 18.0 Å². The maximum atomic E-state index is 12.0. The second-order valence-electron chi connectivity index (χ2n) is 5.71. The largest absolute Gasteiger partial charge is 0.383 e. The van der Waals surface area contributed by atoms with E-state index in [2.05, 4.69) is 50.5 Å². The van der Waals surface area contributed by atoms with E-state index in [0.29, 0.717) is 13.2 Å². The van der Waals surface area contributed by atoms with Crippen LogP contribution in [0.15, 0.2) is 12.1 Å². The average Bonchev–Trinajstić information content (AvgIpc) is 2.37. The van der Waals surface area contributed by atoms with Crippen molar-refractivity contribution >= 4 is 5.91 Å². The van der Waals surface area contributed by atoms with Crippen LogP contribution in [0.3, 0.4) is 0 Å². The number of ether oxygens (including phenoxy) is 1. The first kappa shape index (κ1) is 17.7.